The number of carbonyl (C=O) groups excluding carboxylic acids is 1. The molecule has 0 saturated carbocycles. The molecule has 1 N–H and O–H groups in total. The third-order valence-corrected chi connectivity index (χ3v) is 6.23. The average Bonchev–Trinajstić information content (AvgIpc) is 3.34. The van der Waals surface area contributed by atoms with Crippen LogP contribution < -0.4 is 10.1 Å². The number of hydrogen-bond donors (Lipinski definition) is 1. The highest BCUT2D eigenvalue weighted by Crippen LogP contribution is 2.28. The topological polar surface area (TPSA) is 92.8 Å². The Bertz CT molecular complexity index is 1080. The minimum absolute atomic E-state index is 0.174. The Morgan fingerprint density at radius 1 is 1.37 bits per heavy atom. The Kier molecular flexibility index (Phi) is 7.13. The van der Waals surface area contributed by atoms with Gasteiger partial charge in [-0.05, 0) is 50.8 Å². The van der Waals surface area contributed by atoms with Gasteiger partial charge in [-0.3, -0.25) is 4.79 Å². The zero-order valence-electron chi connectivity index (χ0n) is 17.3. The number of benzene rings is 1. The summed E-state index contributed by atoms with van der Waals surface area (Å²) in [5, 5.41) is 23.4. The zero-order valence-corrected chi connectivity index (χ0v) is 18.9. The van der Waals surface area contributed by atoms with Gasteiger partial charge in [0.15, 0.2) is 17.1 Å². The predicted octanol–water partition coefficient (Wildman–Crippen LogP) is 4.72. The van der Waals surface area contributed by atoms with E-state index in [1.165, 1.54) is 28.7 Å². The molecule has 0 saturated heterocycles. The van der Waals surface area contributed by atoms with E-state index in [1.807, 2.05) is 44.4 Å². The van der Waals surface area contributed by atoms with E-state index in [4.69, 9.17) is 10.00 Å². The van der Waals surface area contributed by atoms with Crippen LogP contribution in [0.1, 0.15) is 42.5 Å². The van der Waals surface area contributed by atoms with E-state index in [1.54, 1.807) is 11.4 Å². The largest absolute Gasteiger partial charge is 0.482 e. The summed E-state index contributed by atoms with van der Waals surface area (Å²) in [6, 6.07) is 9.82. The zero-order chi connectivity index (χ0) is 21.7. The van der Waals surface area contributed by atoms with Crippen molar-refractivity contribution < 1.29 is 9.53 Å². The smallest absolute Gasteiger partial charge is 0.235 e. The number of aromatic nitrogens is 3. The molecule has 0 aliphatic rings. The van der Waals surface area contributed by atoms with Crippen LogP contribution in [0.15, 0.2) is 34.8 Å². The van der Waals surface area contributed by atoms with Crippen molar-refractivity contribution >= 4 is 34.0 Å². The molecule has 3 aromatic rings. The second-order valence-corrected chi connectivity index (χ2v) is 8.58. The first kappa shape index (κ1) is 21.9. The van der Waals surface area contributed by atoms with Gasteiger partial charge in [0.1, 0.15) is 16.8 Å². The number of rotatable bonds is 8. The Hall–Kier alpha value is -2.83. The van der Waals surface area contributed by atoms with Gasteiger partial charge in [-0.25, -0.2) is 0 Å². The number of ether oxygens (including phenoxy) is 1. The first-order chi connectivity index (χ1) is 14.4. The fourth-order valence-corrected chi connectivity index (χ4v) is 4.53. The molecule has 156 valence electrons. The van der Waals surface area contributed by atoms with Crippen LogP contribution in [0.4, 0.5) is 5.00 Å². The molecule has 30 heavy (non-hydrogen) atoms. The number of nitrogens with zero attached hydrogens (tertiary/aromatic N) is 4. The molecule has 0 aliphatic heterocycles. The average molecular weight is 442 g/mol. The van der Waals surface area contributed by atoms with Crippen LogP contribution in [0.2, 0.25) is 0 Å². The standard InChI is InChI=1S/C21H23N5O2S2/c1-5-26-19(15(4)28-17-7-6-13(2)10-14(17)3)24-25-21(26)30-12-18(27)23-20-16(11-22)8-9-29-20/h6-10,15H,5,12H2,1-4H3,(H,23,27). The first-order valence-electron chi connectivity index (χ1n) is 9.50. The van der Waals surface area contributed by atoms with Crippen molar-refractivity contribution in [2.75, 3.05) is 11.1 Å². The number of anilines is 1. The monoisotopic (exact) mass is 441 g/mol. The lowest BCUT2D eigenvalue weighted by molar-refractivity contribution is -0.113. The van der Waals surface area contributed by atoms with Crippen LogP contribution in [0.25, 0.3) is 0 Å². The molecule has 3 rings (SSSR count). The van der Waals surface area contributed by atoms with Gasteiger partial charge in [0.2, 0.25) is 5.91 Å². The highest BCUT2D eigenvalue weighted by Gasteiger charge is 2.20. The highest BCUT2D eigenvalue weighted by molar-refractivity contribution is 7.99. The second kappa shape index (κ2) is 9.78. The molecule has 1 aromatic carbocycles. The van der Waals surface area contributed by atoms with Crippen molar-refractivity contribution in [1.82, 2.24) is 14.8 Å². The first-order valence-corrected chi connectivity index (χ1v) is 11.4. The molecule has 0 fully saturated rings. The lowest BCUT2D eigenvalue weighted by Gasteiger charge is -2.17. The van der Waals surface area contributed by atoms with Gasteiger partial charge in [0.05, 0.1) is 11.3 Å². The fourth-order valence-electron chi connectivity index (χ4n) is 2.97. The number of nitriles is 1. The molecule has 2 heterocycles. The molecular formula is C21H23N5O2S2. The summed E-state index contributed by atoms with van der Waals surface area (Å²) < 4.78 is 8.08. The third-order valence-electron chi connectivity index (χ3n) is 4.43. The number of thioether (sulfide) groups is 1. The molecule has 7 nitrogen and oxygen atoms in total. The molecule has 0 radical (unpaired) electrons. The van der Waals surface area contributed by atoms with Crippen LogP contribution >= 0.6 is 23.1 Å². The predicted molar refractivity (Wildman–Crippen MR) is 119 cm³/mol. The van der Waals surface area contributed by atoms with E-state index < -0.39 is 0 Å². The molecular weight excluding hydrogens is 418 g/mol. The molecule has 9 heteroatoms. The van der Waals surface area contributed by atoms with Crippen LogP contribution in [0, 0.1) is 25.2 Å². The van der Waals surface area contributed by atoms with Crippen molar-refractivity contribution in [3.05, 3.63) is 52.2 Å². The minimum Gasteiger partial charge on any atom is -0.482 e. The number of thiophene rings is 1. The quantitative estimate of drug-likeness (QED) is 0.509. The maximum Gasteiger partial charge on any atom is 0.235 e. The molecule has 0 spiro atoms. The maximum absolute atomic E-state index is 12.3. The number of carbonyl (C=O) groups is 1. The van der Waals surface area contributed by atoms with E-state index in [2.05, 4.69) is 27.6 Å². The Labute approximate surface area is 184 Å². The Morgan fingerprint density at radius 2 is 2.17 bits per heavy atom. The summed E-state index contributed by atoms with van der Waals surface area (Å²) in [5.74, 6) is 1.51. The van der Waals surface area contributed by atoms with Crippen molar-refractivity contribution in [2.45, 2.75) is 45.5 Å². The van der Waals surface area contributed by atoms with Gasteiger partial charge in [-0.1, -0.05) is 29.5 Å². The van der Waals surface area contributed by atoms with E-state index in [0.29, 0.717) is 28.1 Å². The van der Waals surface area contributed by atoms with Crippen LogP contribution in [-0.4, -0.2) is 26.4 Å². The summed E-state index contributed by atoms with van der Waals surface area (Å²) in [6.07, 6.45) is -0.286. The van der Waals surface area contributed by atoms with Gasteiger partial charge in [-0.2, -0.15) is 5.26 Å². The summed E-state index contributed by atoms with van der Waals surface area (Å²) in [6.45, 7) is 8.68. The Morgan fingerprint density at radius 3 is 2.87 bits per heavy atom. The van der Waals surface area contributed by atoms with E-state index in [0.717, 1.165) is 11.3 Å². The summed E-state index contributed by atoms with van der Waals surface area (Å²) >= 11 is 2.64. The lowest BCUT2D eigenvalue weighted by atomic mass is 10.1. The third kappa shape index (κ3) is 5.01. The van der Waals surface area contributed by atoms with Crippen molar-refractivity contribution in [1.29, 1.82) is 5.26 Å². The summed E-state index contributed by atoms with van der Waals surface area (Å²) in [7, 11) is 0. The molecule has 1 atom stereocenters. The number of amides is 1. The molecule has 1 unspecified atom stereocenters. The van der Waals surface area contributed by atoms with Crippen LogP contribution in [-0.2, 0) is 11.3 Å². The molecule has 1 amide bonds. The maximum atomic E-state index is 12.3. The van der Waals surface area contributed by atoms with Gasteiger partial charge in [0, 0.05) is 6.54 Å². The van der Waals surface area contributed by atoms with E-state index in [9.17, 15) is 4.79 Å². The van der Waals surface area contributed by atoms with E-state index >= 15 is 0 Å². The highest BCUT2D eigenvalue weighted by atomic mass is 32.2. The van der Waals surface area contributed by atoms with Crippen LogP contribution in [0.3, 0.4) is 0 Å². The van der Waals surface area contributed by atoms with Gasteiger partial charge < -0.3 is 14.6 Å². The van der Waals surface area contributed by atoms with Crippen molar-refractivity contribution in [3.63, 3.8) is 0 Å². The lowest BCUT2D eigenvalue weighted by Crippen LogP contribution is -2.15. The second-order valence-electron chi connectivity index (χ2n) is 6.73. The van der Waals surface area contributed by atoms with Gasteiger partial charge in [-0.15, -0.1) is 21.5 Å². The Balaban J connectivity index is 1.66. The van der Waals surface area contributed by atoms with Crippen molar-refractivity contribution in [3.8, 4) is 11.8 Å². The molecule has 0 bridgehead atoms. The number of hydrogen-bond acceptors (Lipinski definition) is 7. The van der Waals surface area contributed by atoms with Crippen molar-refractivity contribution in [2.24, 2.45) is 0 Å². The SMILES string of the molecule is CCn1c(SCC(=O)Nc2sccc2C#N)nnc1C(C)Oc1ccc(C)cc1C. The van der Waals surface area contributed by atoms with Crippen LogP contribution in [0.5, 0.6) is 5.75 Å². The molecule has 2 aromatic heterocycles. The van der Waals surface area contributed by atoms with Gasteiger partial charge in [0.25, 0.3) is 0 Å². The molecule has 0 aliphatic carbocycles. The minimum atomic E-state index is -0.286. The fraction of sp³-hybridized carbons (Fsp3) is 0.333. The number of nitrogens with one attached hydrogen (secondary N) is 1. The normalized spacial score (nSPS) is 11.7. The van der Waals surface area contributed by atoms with Gasteiger partial charge >= 0.3 is 0 Å². The van der Waals surface area contributed by atoms with E-state index in [-0.39, 0.29) is 17.8 Å². The number of aryl methyl sites for hydroxylation is 2. The summed E-state index contributed by atoms with van der Waals surface area (Å²) in [4.78, 5) is 12.3. The summed E-state index contributed by atoms with van der Waals surface area (Å²) in [5.41, 5.74) is 2.72.